The second kappa shape index (κ2) is 7.42. The van der Waals surface area contributed by atoms with Gasteiger partial charge in [-0.25, -0.2) is 14.6 Å². The third kappa shape index (κ3) is 3.20. The lowest BCUT2D eigenvalue weighted by Crippen LogP contribution is -2.09. The number of aryl methyl sites for hydroxylation is 2. The largest absolute Gasteiger partial charge is 0.309 e. The minimum absolute atomic E-state index is 0.173. The number of hydrogen-bond acceptors (Lipinski definition) is 6. The molecule has 8 nitrogen and oxygen atoms in total. The van der Waals surface area contributed by atoms with Crippen molar-refractivity contribution in [3.63, 3.8) is 0 Å². The van der Waals surface area contributed by atoms with Crippen LogP contribution in [0.2, 0.25) is 5.02 Å². The molecule has 158 valence electrons. The molecule has 0 fully saturated rings. The van der Waals surface area contributed by atoms with E-state index in [4.69, 9.17) is 11.6 Å². The van der Waals surface area contributed by atoms with E-state index in [-0.39, 0.29) is 6.04 Å². The predicted molar refractivity (Wildman–Crippen MR) is 123 cm³/mol. The Hall–Kier alpha value is -3.78. The molecular weight excluding hydrogens is 424 g/mol. The summed E-state index contributed by atoms with van der Waals surface area (Å²) in [7, 11) is 1.86. The minimum Gasteiger partial charge on any atom is -0.309 e. The molecule has 1 unspecified atom stereocenters. The average molecular weight is 443 g/mol. The van der Waals surface area contributed by atoms with Gasteiger partial charge in [0.1, 0.15) is 11.3 Å². The molecule has 1 N–H and O–H groups in total. The molecule has 1 aliphatic carbocycles. The Morgan fingerprint density at radius 2 is 2.00 bits per heavy atom. The molecule has 0 amide bonds. The van der Waals surface area contributed by atoms with Crippen LogP contribution in [0.1, 0.15) is 23.6 Å². The van der Waals surface area contributed by atoms with Gasteiger partial charge in [-0.15, -0.1) is 5.10 Å². The molecular formula is C23H19ClN8. The molecule has 0 saturated heterocycles. The number of nitrogens with one attached hydrogen (secondary N) is 1. The van der Waals surface area contributed by atoms with E-state index in [2.05, 4.69) is 55.0 Å². The third-order valence-corrected chi connectivity index (χ3v) is 6.16. The van der Waals surface area contributed by atoms with Gasteiger partial charge in [0.25, 0.3) is 0 Å². The SMILES string of the molecule is Cn1nccc1Nc1nccc(-c2ccc3c(c2)nnn3C2CCc3cc(Cl)ccc32)n1. The van der Waals surface area contributed by atoms with E-state index in [0.717, 1.165) is 46.0 Å². The quantitative estimate of drug-likeness (QED) is 0.439. The Kier molecular flexibility index (Phi) is 4.39. The molecule has 0 bridgehead atoms. The molecule has 0 radical (unpaired) electrons. The molecule has 0 saturated carbocycles. The Morgan fingerprint density at radius 3 is 2.88 bits per heavy atom. The average Bonchev–Trinajstić information content (AvgIpc) is 3.52. The van der Waals surface area contributed by atoms with Crippen molar-refractivity contribution in [3.8, 4) is 11.3 Å². The van der Waals surface area contributed by atoms with Crippen LogP contribution in [0, 0.1) is 0 Å². The summed E-state index contributed by atoms with van der Waals surface area (Å²) in [5, 5.41) is 17.1. The van der Waals surface area contributed by atoms with E-state index in [9.17, 15) is 0 Å². The number of halogens is 1. The minimum atomic E-state index is 0.173. The maximum Gasteiger partial charge on any atom is 0.228 e. The smallest absolute Gasteiger partial charge is 0.228 e. The van der Waals surface area contributed by atoms with Gasteiger partial charge in [0, 0.05) is 29.9 Å². The zero-order valence-electron chi connectivity index (χ0n) is 17.3. The molecule has 3 heterocycles. The topological polar surface area (TPSA) is 86.3 Å². The van der Waals surface area contributed by atoms with Crippen LogP contribution in [0.4, 0.5) is 11.8 Å². The van der Waals surface area contributed by atoms with Gasteiger partial charge in [-0.05, 0) is 54.3 Å². The molecule has 1 aliphatic rings. The summed E-state index contributed by atoms with van der Waals surface area (Å²) in [5.74, 6) is 1.33. The molecule has 2 aromatic carbocycles. The van der Waals surface area contributed by atoms with Crippen LogP contribution in [-0.2, 0) is 13.5 Å². The Morgan fingerprint density at radius 1 is 1.06 bits per heavy atom. The Bertz CT molecular complexity index is 1450. The van der Waals surface area contributed by atoms with Crippen LogP contribution in [0.3, 0.4) is 0 Å². The third-order valence-electron chi connectivity index (χ3n) is 5.93. The second-order valence-electron chi connectivity index (χ2n) is 7.87. The Balaban J connectivity index is 1.33. The first-order chi connectivity index (χ1) is 15.7. The second-order valence-corrected chi connectivity index (χ2v) is 8.30. The van der Waals surface area contributed by atoms with Gasteiger partial charge in [0.2, 0.25) is 5.95 Å². The van der Waals surface area contributed by atoms with Crippen molar-refractivity contribution in [2.24, 2.45) is 7.05 Å². The number of aromatic nitrogens is 7. The van der Waals surface area contributed by atoms with Gasteiger partial charge >= 0.3 is 0 Å². The summed E-state index contributed by atoms with van der Waals surface area (Å²) in [4.78, 5) is 8.98. The van der Waals surface area contributed by atoms with Crippen LogP contribution in [0.5, 0.6) is 0 Å². The van der Waals surface area contributed by atoms with Gasteiger partial charge in [-0.1, -0.05) is 28.9 Å². The molecule has 0 aliphatic heterocycles. The summed E-state index contributed by atoms with van der Waals surface area (Å²) in [5.41, 5.74) is 6.17. The fourth-order valence-corrected chi connectivity index (χ4v) is 4.53. The molecule has 6 rings (SSSR count). The van der Waals surface area contributed by atoms with Crippen molar-refractivity contribution in [2.45, 2.75) is 18.9 Å². The summed E-state index contributed by atoms with van der Waals surface area (Å²) in [6, 6.07) is 16.2. The summed E-state index contributed by atoms with van der Waals surface area (Å²) in [6.45, 7) is 0. The van der Waals surface area contributed by atoms with Gasteiger partial charge in [-0.2, -0.15) is 5.10 Å². The maximum atomic E-state index is 6.17. The van der Waals surface area contributed by atoms with Crippen LogP contribution < -0.4 is 5.32 Å². The van der Waals surface area contributed by atoms with E-state index in [1.165, 1.54) is 11.1 Å². The molecule has 1 atom stereocenters. The first-order valence-electron chi connectivity index (χ1n) is 10.4. The van der Waals surface area contributed by atoms with Gasteiger partial charge in [0.15, 0.2) is 0 Å². The van der Waals surface area contributed by atoms with Gasteiger partial charge in [-0.3, -0.25) is 4.68 Å². The van der Waals surface area contributed by atoms with E-state index in [0.29, 0.717) is 5.95 Å². The lowest BCUT2D eigenvalue weighted by Gasteiger charge is -2.13. The lowest BCUT2D eigenvalue weighted by atomic mass is 10.1. The zero-order chi connectivity index (χ0) is 21.7. The highest BCUT2D eigenvalue weighted by atomic mass is 35.5. The molecule has 32 heavy (non-hydrogen) atoms. The first kappa shape index (κ1) is 18.9. The normalized spacial score (nSPS) is 15.2. The van der Waals surface area contributed by atoms with Crippen molar-refractivity contribution >= 4 is 34.4 Å². The highest BCUT2D eigenvalue weighted by Crippen LogP contribution is 2.37. The van der Waals surface area contributed by atoms with Crippen LogP contribution >= 0.6 is 11.6 Å². The van der Waals surface area contributed by atoms with Gasteiger partial charge in [0.05, 0.1) is 23.4 Å². The maximum absolute atomic E-state index is 6.17. The van der Waals surface area contributed by atoms with E-state index < -0.39 is 0 Å². The number of nitrogens with zero attached hydrogens (tertiary/aromatic N) is 7. The number of fused-ring (bicyclic) bond motifs is 2. The van der Waals surface area contributed by atoms with Crippen molar-refractivity contribution in [2.75, 3.05) is 5.32 Å². The predicted octanol–water partition coefficient (Wildman–Crippen LogP) is 4.55. The standard InChI is InChI=1S/C23H19ClN8/c1-31-22(9-11-26-31)28-23-25-10-8-18(27-23)15-3-7-21-19(13-15)29-30-32(21)20-6-2-14-12-16(24)4-5-17(14)20/h3-5,7-13,20H,2,6H2,1H3,(H,25,27,28). The van der Waals surface area contributed by atoms with Crippen molar-refractivity contribution in [3.05, 3.63) is 77.1 Å². The molecule has 0 spiro atoms. The van der Waals surface area contributed by atoms with Crippen molar-refractivity contribution in [1.29, 1.82) is 0 Å². The van der Waals surface area contributed by atoms with Gasteiger partial charge < -0.3 is 5.32 Å². The number of anilines is 2. The first-order valence-corrected chi connectivity index (χ1v) is 10.8. The molecule has 5 aromatic rings. The highest BCUT2D eigenvalue weighted by Gasteiger charge is 2.26. The zero-order valence-corrected chi connectivity index (χ0v) is 18.0. The van der Waals surface area contributed by atoms with Crippen LogP contribution in [-0.4, -0.2) is 34.7 Å². The number of rotatable bonds is 4. The summed E-state index contributed by atoms with van der Waals surface area (Å²) >= 11 is 6.17. The fraction of sp³-hybridized carbons (Fsp3) is 0.174. The highest BCUT2D eigenvalue weighted by molar-refractivity contribution is 6.30. The monoisotopic (exact) mass is 442 g/mol. The lowest BCUT2D eigenvalue weighted by molar-refractivity contribution is 0.518. The number of benzene rings is 2. The van der Waals surface area contributed by atoms with Crippen LogP contribution in [0.25, 0.3) is 22.3 Å². The van der Waals surface area contributed by atoms with E-state index >= 15 is 0 Å². The molecule has 3 aromatic heterocycles. The number of hydrogen-bond donors (Lipinski definition) is 1. The Labute approximate surface area is 188 Å². The van der Waals surface area contributed by atoms with E-state index in [1.807, 2.05) is 36.0 Å². The van der Waals surface area contributed by atoms with Crippen molar-refractivity contribution in [1.82, 2.24) is 34.7 Å². The van der Waals surface area contributed by atoms with E-state index in [1.54, 1.807) is 17.1 Å². The van der Waals surface area contributed by atoms with Crippen molar-refractivity contribution < 1.29 is 0 Å². The molecule has 9 heteroatoms. The van der Waals surface area contributed by atoms with Crippen LogP contribution in [0.15, 0.2) is 60.9 Å². The summed E-state index contributed by atoms with van der Waals surface area (Å²) < 4.78 is 3.75. The summed E-state index contributed by atoms with van der Waals surface area (Å²) in [6.07, 6.45) is 5.45. The fourth-order valence-electron chi connectivity index (χ4n) is 4.34.